The molecule has 2 aromatic carbocycles. The van der Waals surface area contributed by atoms with E-state index >= 15 is 0 Å². The van der Waals surface area contributed by atoms with Crippen molar-refractivity contribution in [3.63, 3.8) is 0 Å². The molecule has 3 aromatic rings. The summed E-state index contributed by atoms with van der Waals surface area (Å²) in [5, 5.41) is 0.188. The predicted molar refractivity (Wildman–Crippen MR) is 114 cm³/mol. The number of ether oxygens (including phenoxy) is 1. The molecular formula is C23H19ClF3N3O2. The summed E-state index contributed by atoms with van der Waals surface area (Å²) < 4.78 is 40.6. The Kier molecular flexibility index (Phi) is 6.32. The minimum absolute atomic E-state index is 0.0381. The summed E-state index contributed by atoms with van der Waals surface area (Å²) in [5.74, 6) is 0.382. The van der Waals surface area contributed by atoms with E-state index in [1.807, 2.05) is 30.3 Å². The molecule has 9 heteroatoms. The van der Waals surface area contributed by atoms with Gasteiger partial charge in [0.2, 0.25) is 5.28 Å². The third-order valence-electron chi connectivity index (χ3n) is 4.94. The third kappa shape index (κ3) is 5.97. The molecule has 0 aliphatic heterocycles. The molecule has 0 unspecified atom stereocenters. The van der Waals surface area contributed by atoms with Gasteiger partial charge in [0.25, 0.3) is 0 Å². The Hall–Kier alpha value is -3.13. The van der Waals surface area contributed by atoms with Crippen molar-refractivity contribution in [2.24, 2.45) is 0 Å². The first-order valence-electron chi connectivity index (χ1n) is 10.00. The van der Waals surface area contributed by atoms with Crippen LogP contribution in [0.3, 0.4) is 0 Å². The molecule has 1 aromatic heterocycles. The number of nitrogens with zero attached hydrogens (tertiary/aromatic N) is 3. The summed E-state index contributed by atoms with van der Waals surface area (Å²) in [6.45, 7) is 0. The average Bonchev–Trinajstić information content (AvgIpc) is 3.55. The molecule has 1 heterocycles. The number of ketones is 1. The lowest BCUT2D eigenvalue weighted by atomic mass is 10.0. The van der Waals surface area contributed by atoms with Crippen LogP contribution in [0.25, 0.3) is 0 Å². The molecule has 32 heavy (non-hydrogen) atoms. The van der Waals surface area contributed by atoms with Crippen LogP contribution in [-0.4, -0.2) is 28.2 Å². The van der Waals surface area contributed by atoms with Crippen molar-refractivity contribution < 1.29 is 22.7 Å². The minimum atomic E-state index is -4.74. The van der Waals surface area contributed by atoms with E-state index in [9.17, 15) is 18.0 Å². The maximum absolute atomic E-state index is 12.4. The van der Waals surface area contributed by atoms with Crippen molar-refractivity contribution in [2.75, 3.05) is 4.90 Å². The zero-order valence-corrected chi connectivity index (χ0v) is 17.6. The molecule has 1 aliphatic carbocycles. The molecule has 4 rings (SSSR count). The van der Waals surface area contributed by atoms with Crippen LogP contribution in [0, 0.1) is 0 Å². The first-order chi connectivity index (χ1) is 15.3. The number of hydrogen-bond donors (Lipinski definition) is 0. The fraction of sp³-hybridized carbons (Fsp3) is 0.261. The topological polar surface area (TPSA) is 55.3 Å². The van der Waals surface area contributed by atoms with Gasteiger partial charge < -0.3 is 9.64 Å². The van der Waals surface area contributed by atoms with E-state index in [1.54, 1.807) is 6.20 Å². The summed E-state index contributed by atoms with van der Waals surface area (Å²) in [6, 6.07) is 15.2. The van der Waals surface area contributed by atoms with Gasteiger partial charge in [-0.25, -0.2) is 9.97 Å². The molecule has 1 saturated carbocycles. The summed E-state index contributed by atoms with van der Waals surface area (Å²) in [5.41, 5.74) is 2.44. The number of halogens is 4. The van der Waals surface area contributed by atoms with Crippen molar-refractivity contribution in [1.82, 2.24) is 9.97 Å². The Morgan fingerprint density at radius 3 is 2.12 bits per heavy atom. The van der Waals surface area contributed by atoms with Gasteiger partial charge in [0.1, 0.15) is 17.4 Å². The van der Waals surface area contributed by atoms with Gasteiger partial charge in [-0.1, -0.05) is 24.3 Å². The molecule has 1 fully saturated rings. The summed E-state index contributed by atoms with van der Waals surface area (Å²) in [4.78, 5) is 22.8. The zero-order chi connectivity index (χ0) is 22.7. The van der Waals surface area contributed by atoms with Gasteiger partial charge >= 0.3 is 6.36 Å². The Balaban J connectivity index is 1.38. The fourth-order valence-electron chi connectivity index (χ4n) is 3.42. The number of anilines is 2. The molecule has 0 radical (unpaired) electrons. The highest BCUT2D eigenvalue weighted by Crippen LogP contribution is 2.37. The SMILES string of the molecule is O=C(Cc1ccc(OC(F)(F)F)cc1)Cc1ccc(N(c2ccnc(Cl)n2)C2CC2)cc1. The lowest BCUT2D eigenvalue weighted by molar-refractivity contribution is -0.274. The van der Waals surface area contributed by atoms with Crippen LogP contribution in [0.5, 0.6) is 5.75 Å². The van der Waals surface area contributed by atoms with E-state index in [1.165, 1.54) is 24.3 Å². The number of hydrogen-bond acceptors (Lipinski definition) is 5. The molecule has 166 valence electrons. The van der Waals surface area contributed by atoms with Gasteiger partial charge in [0.15, 0.2) is 0 Å². The molecule has 0 saturated heterocycles. The van der Waals surface area contributed by atoms with Crippen LogP contribution in [0.1, 0.15) is 24.0 Å². The standard InChI is InChI=1S/C23H19ClF3N3O2/c24-22-28-12-11-21(29-22)30(18-7-8-18)17-5-1-15(2-6-17)13-19(31)14-16-3-9-20(10-4-16)32-23(25,26)27/h1-6,9-12,18H,7-8,13-14H2. The Bertz CT molecular complexity index is 1080. The lowest BCUT2D eigenvalue weighted by Crippen LogP contribution is -2.20. The number of carbonyl (C=O) groups excluding carboxylic acids is 1. The number of Topliss-reactive ketones (excluding diaryl/α,β-unsaturated/α-hetero) is 1. The van der Waals surface area contributed by atoms with Crippen LogP contribution >= 0.6 is 11.6 Å². The number of alkyl halides is 3. The lowest BCUT2D eigenvalue weighted by Gasteiger charge is -2.23. The van der Waals surface area contributed by atoms with Crippen LogP contribution in [0.4, 0.5) is 24.7 Å². The first kappa shape index (κ1) is 22.1. The highest BCUT2D eigenvalue weighted by atomic mass is 35.5. The van der Waals surface area contributed by atoms with E-state index in [4.69, 9.17) is 11.6 Å². The Labute approximate surface area is 187 Å². The quantitative estimate of drug-likeness (QED) is 0.404. The van der Waals surface area contributed by atoms with E-state index in [-0.39, 0.29) is 29.7 Å². The van der Waals surface area contributed by atoms with Crippen LogP contribution in [-0.2, 0) is 17.6 Å². The van der Waals surface area contributed by atoms with E-state index < -0.39 is 6.36 Å². The van der Waals surface area contributed by atoms with Crippen LogP contribution < -0.4 is 9.64 Å². The molecule has 1 aliphatic rings. The van der Waals surface area contributed by atoms with Gasteiger partial charge in [-0.2, -0.15) is 0 Å². The second kappa shape index (κ2) is 9.16. The van der Waals surface area contributed by atoms with Crippen molar-refractivity contribution >= 4 is 28.9 Å². The normalized spacial score (nSPS) is 13.6. The highest BCUT2D eigenvalue weighted by Gasteiger charge is 2.32. The first-order valence-corrected chi connectivity index (χ1v) is 10.4. The van der Waals surface area contributed by atoms with Gasteiger partial charge in [-0.05, 0) is 65.9 Å². The highest BCUT2D eigenvalue weighted by molar-refractivity contribution is 6.28. The zero-order valence-electron chi connectivity index (χ0n) is 16.8. The maximum atomic E-state index is 12.4. The van der Waals surface area contributed by atoms with E-state index in [0.29, 0.717) is 11.6 Å². The van der Waals surface area contributed by atoms with Gasteiger partial charge in [-0.15, -0.1) is 13.2 Å². The number of benzene rings is 2. The second-order valence-corrected chi connectivity index (χ2v) is 7.87. The third-order valence-corrected chi connectivity index (χ3v) is 5.13. The smallest absolute Gasteiger partial charge is 0.406 e. The molecule has 0 bridgehead atoms. The van der Waals surface area contributed by atoms with Crippen molar-refractivity contribution in [2.45, 2.75) is 38.1 Å². The monoisotopic (exact) mass is 461 g/mol. The van der Waals surface area contributed by atoms with Crippen LogP contribution in [0.15, 0.2) is 60.8 Å². The molecule has 5 nitrogen and oxygen atoms in total. The number of aromatic nitrogens is 2. The molecular weight excluding hydrogens is 443 g/mol. The van der Waals surface area contributed by atoms with Crippen LogP contribution in [0.2, 0.25) is 5.28 Å². The fourth-order valence-corrected chi connectivity index (χ4v) is 3.57. The summed E-state index contributed by atoms with van der Waals surface area (Å²) in [7, 11) is 0. The Morgan fingerprint density at radius 1 is 1.00 bits per heavy atom. The number of rotatable bonds is 8. The number of carbonyl (C=O) groups is 1. The van der Waals surface area contributed by atoms with Crippen molar-refractivity contribution in [1.29, 1.82) is 0 Å². The predicted octanol–water partition coefficient (Wildman–Crippen LogP) is 5.68. The average molecular weight is 462 g/mol. The second-order valence-electron chi connectivity index (χ2n) is 7.54. The largest absolute Gasteiger partial charge is 0.573 e. The molecule has 0 amide bonds. The van der Waals surface area contributed by atoms with E-state index in [0.717, 1.165) is 29.9 Å². The maximum Gasteiger partial charge on any atom is 0.573 e. The van der Waals surface area contributed by atoms with E-state index in [2.05, 4.69) is 19.6 Å². The minimum Gasteiger partial charge on any atom is -0.406 e. The molecule has 0 spiro atoms. The molecule has 0 N–H and O–H groups in total. The van der Waals surface area contributed by atoms with Crippen molar-refractivity contribution in [3.8, 4) is 5.75 Å². The van der Waals surface area contributed by atoms with Gasteiger partial charge in [0.05, 0.1) is 0 Å². The van der Waals surface area contributed by atoms with Gasteiger partial charge in [-0.3, -0.25) is 4.79 Å². The Morgan fingerprint density at radius 2 is 1.59 bits per heavy atom. The summed E-state index contributed by atoms with van der Waals surface area (Å²) >= 11 is 5.94. The van der Waals surface area contributed by atoms with Gasteiger partial charge in [0, 0.05) is 30.8 Å². The van der Waals surface area contributed by atoms with Crippen molar-refractivity contribution in [3.05, 3.63) is 77.2 Å². The summed E-state index contributed by atoms with van der Waals surface area (Å²) in [6.07, 6.45) is -0.637. The molecule has 0 atom stereocenters.